The predicted octanol–water partition coefficient (Wildman–Crippen LogP) is 15.2. The lowest BCUT2D eigenvalue weighted by atomic mass is 9.84. The summed E-state index contributed by atoms with van der Waals surface area (Å²) in [7, 11) is 0. The number of aliphatic imine (C=N–C) groups is 1. The van der Waals surface area contributed by atoms with Gasteiger partial charge in [0.25, 0.3) is 0 Å². The van der Waals surface area contributed by atoms with Gasteiger partial charge in [0.2, 0.25) is 0 Å². The van der Waals surface area contributed by atoms with Gasteiger partial charge in [-0.3, -0.25) is 14.6 Å². The van der Waals surface area contributed by atoms with Crippen LogP contribution in [0.3, 0.4) is 0 Å². The highest BCUT2D eigenvalue weighted by molar-refractivity contribution is 6.25. The summed E-state index contributed by atoms with van der Waals surface area (Å²) in [6.07, 6.45) is 13.1. The topological polar surface area (TPSA) is 65.0 Å². The van der Waals surface area contributed by atoms with Crippen molar-refractivity contribution >= 4 is 61.1 Å². The number of esters is 1. The average Bonchev–Trinajstić information content (AvgIpc) is 4.13. The molecule has 0 spiro atoms. The molecule has 0 N–H and O–H groups in total. The summed E-state index contributed by atoms with van der Waals surface area (Å²) in [6, 6.07) is 43.9. The lowest BCUT2D eigenvalue weighted by Gasteiger charge is -2.19. The van der Waals surface area contributed by atoms with E-state index in [1.807, 2.05) is 0 Å². The van der Waals surface area contributed by atoms with Crippen molar-refractivity contribution in [2.75, 3.05) is 6.61 Å². The van der Waals surface area contributed by atoms with Gasteiger partial charge in [-0.1, -0.05) is 154 Å². The first-order chi connectivity index (χ1) is 32.9. The van der Waals surface area contributed by atoms with E-state index in [1.165, 1.54) is 97.4 Å². The third-order valence-corrected chi connectivity index (χ3v) is 13.7. The van der Waals surface area contributed by atoms with Gasteiger partial charge >= 0.3 is 5.97 Å². The summed E-state index contributed by atoms with van der Waals surface area (Å²) in [5.41, 5.74) is 5.78. The van der Waals surface area contributed by atoms with Crippen LogP contribution in [0.5, 0.6) is 5.75 Å². The molecule has 8 aromatic rings. The molecule has 0 aliphatic heterocycles. The van der Waals surface area contributed by atoms with Gasteiger partial charge < -0.3 is 9.47 Å². The minimum absolute atomic E-state index is 0.0274. The van der Waals surface area contributed by atoms with E-state index in [1.54, 1.807) is 24.3 Å². The highest BCUT2D eigenvalue weighted by atomic mass is 19.2. The Morgan fingerprint density at radius 1 is 0.567 bits per heavy atom. The number of ether oxygens (including phenoxy) is 2. The summed E-state index contributed by atoms with van der Waals surface area (Å²) in [5, 5.41) is 10.8. The van der Waals surface area contributed by atoms with Crippen LogP contribution >= 0.6 is 0 Å². The van der Waals surface area contributed by atoms with E-state index in [4.69, 9.17) is 9.47 Å². The molecule has 0 bridgehead atoms. The van der Waals surface area contributed by atoms with Crippen LogP contribution in [0.1, 0.15) is 104 Å². The van der Waals surface area contributed by atoms with E-state index in [0.29, 0.717) is 29.9 Å². The number of Topliss-reactive ketones (excluding diaryl/α,β-unsaturated/α-hetero) is 1. The van der Waals surface area contributed by atoms with Crippen molar-refractivity contribution in [2.24, 2.45) is 10.9 Å². The van der Waals surface area contributed by atoms with Gasteiger partial charge in [0, 0.05) is 24.2 Å². The number of ketones is 1. The number of rotatable bonds is 19. The van der Waals surface area contributed by atoms with Crippen molar-refractivity contribution < 1.29 is 32.2 Å². The summed E-state index contributed by atoms with van der Waals surface area (Å²) in [5.74, 6) is -6.64. The Morgan fingerprint density at radius 3 is 1.60 bits per heavy atom. The monoisotopic (exact) mass is 895 g/mol. The number of nitrogens with zero attached hydrogens (tertiary/aromatic N) is 1. The third kappa shape index (κ3) is 9.06. The molecule has 67 heavy (non-hydrogen) atoms. The molecular weight excluding hydrogens is 844 g/mol. The Morgan fingerprint density at radius 2 is 1.04 bits per heavy atom. The number of unbranched alkanes of at least 4 members (excludes halogenated alkanes) is 7. The second kappa shape index (κ2) is 19.6. The average molecular weight is 896 g/mol. The SMILES string of the molecule is O=C(OCc1ccc(OCCCCCCCCCCC2c3c(c4ccccc4c4ccccc34)-c3c2c2ccccc2c2ccccc32)cc1)C(C=NC1CC1)C(=O)c1cc(F)c(F)cc1F. The van der Waals surface area contributed by atoms with E-state index in [-0.39, 0.29) is 18.7 Å². The Hall–Kier alpha value is -6.80. The van der Waals surface area contributed by atoms with Crippen molar-refractivity contribution in [3.05, 3.63) is 173 Å². The molecule has 0 saturated heterocycles. The molecule has 0 heterocycles. The molecule has 1 saturated carbocycles. The first kappa shape index (κ1) is 44.1. The summed E-state index contributed by atoms with van der Waals surface area (Å²) < 4.78 is 53.2. The van der Waals surface area contributed by atoms with Gasteiger partial charge in [-0.05, 0) is 115 Å². The summed E-state index contributed by atoms with van der Waals surface area (Å²) >= 11 is 0. The Bertz CT molecular complexity index is 3050. The maximum absolute atomic E-state index is 14.4. The smallest absolute Gasteiger partial charge is 0.322 e. The fourth-order valence-corrected chi connectivity index (χ4v) is 10.2. The van der Waals surface area contributed by atoms with Gasteiger partial charge in [0.05, 0.1) is 12.2 Å². The number of halogens is 3. The molecule has 8 heteroatoms. The standard InChI is InChI=1S/C59H52F3NO4/c60-51-34-53(62)52(61)33-49(51)58(64)50(35-63-38-28-29-38)59(65)67-36-37-26-30-39(31-27-37)66-32-16-6-4-2-1-3-5-7-25-48-54-44-21-12-8-17-40(44)42-19-10-14-23-46(42)56(54)57-47-24-15-11-20-43(47)41-18-9-13-22-45(41)55(48)57/h8-15,17-24,26-27,30-31,33-35,38,48,50H,1-7,16,25,28-29,32,36H2. The first-order valence-electron chi connectivity index (χ1n) is 23.8. The van der Waals surface area contributed by atoms with Crippen LogP contribution in [0.25, 0.3) is 54.2 Å². The Labute approximate surface area is 388 Å². The second-order valence-electron chi connectivity index (χ2n) is 18.1. The molecule has 5 nitrogen and oxygen atoms in total. The van der Waals surface area contributed by atoms with Crippen molar-refractivity contribution in [1.82, 2.24) is 0 Å². The zero-order valence-corrected chi connectivity index (χ0v) is 37.4. The fraction of sp³-hybridized carbons (Fsp3) is 0.271. The molecule has 10 rings (SSSR count). The maximum atomic E-state index is 14.4. The highest BCUT2D eigenvalue weighted by Gasteiger charge is 2.36. The molecule has 0 amide bonds. The predicted molar refractivity (Wildman–Crippen MR) is 263 cm³/mol. The van der Waals surface area contributed by atoms with Crippen LogP contribution in [0.2, 0.25) is 0 Å². The van der Waals surface area contributed by atoms with Gasteiger partial charge in [0.15, 0.2) is 23.3 Å². The Balaban J connectivity index is 0.696. The molecule has 1 atom stereocenters. The van der Waals surface area contributed by atoms with Crippen LogP contribution in [0.4, 0.5) is 13.2 Å². The molecule has 0 aromatic heterocycles. The molecular formula is C59H52F3NO4. The minimum Gasteiger partial charge on any atom is -0.494 e. The van der Waals surface area contributed by atoms with Crippen LogP contribution in [-0.2, 0) is 16.1 Å². The zero-order valence-electron chi connectivity index (χ0n) is 37.4. The molecule has 0 radical (unpaired) electrons. The zero-order chi connectivity index (χ0) is 45.9. The van der Waals surface area contributed by atoms with Crippen molar-refractivity contribution in [2.45, 2.75) is 89.2 Å². The van der Waals surface area contributed by atoms with Crippen molar-refractivity contribution in [3.8, 4) is 16.9 Å². The van der Waals surface area contributed by atoms with Crippen molar-refractivity contribution in [1.29, 1.82) is 0 Å². The van der Waals surface area contributed by atoms with E-state index in [9.17, 15) is 22.8 Å². The molecule has 1 unspecified atom stereocenters. The van der Waals surface area contributed by atoms with Gasteiger partial charge in [-0.15, -0.1) is 0 Å². The van der Waals surface area contributed by atoms with Gasteiger partial charge in [-0.2, -0.15) is 0 Å². The Kier molecular flexibility index (Phi) is 12.9. The van der Waals surface area contributed by atoms with E-state index < -0.39 is 40.7 Å². The molecule has 2 aliphatic carbocycles. The van der Waals surface area contributed by atoms with Crippen LogP contribution in [-0.4, -0.2) is 30.6 Å². The lowest BCUT2D eigenvalue weighted by Crippen LogP contribution is -2.28. The molecule has 1 fully saturated rings. The van der Waals surface area contributed by atoms with Crippen LogP contribution < -0.4 is 4.74 Å². The minimum atomic E-state index is -1.59. The van der Waals surface area contributed by atoms with Crippen LogP contribution in [0, 0.1) is 23.4 Å². The number of fused-ring (bicyclic) bond motifs is 13. The number of hydrogen-bond donors (Lipinski definition) is 0. The van der Waals surface area contributed by atoms with E-state index in [2.05, 4.69) is 102 Å². The number of hydrogen-bond acceptors (Lipinski definition) is 5. The normalized spacial score (nSPS) is 14.0. The number of benzene rings is 8. The largest absolute Gasteiger partial charge is 0.494 e. The molecule has 338 valence electrons. The summed E-state index contributed by atoms with van der Waals surface area (Å²) in [4.78, 5) is 30.3. The molecule has 8 aromatic carbocycles. The number of carbonyl (C=O) groups is 2. The third-order valence-electron chi connectivity index (χ3n) is 13.7. The fourth-order valence-electron chi connectivity index (χ4n) is 10.2. The quantitative estimate of drug-likeness (QED) is 0.0154. The number of carbonyl (C=O) groups excluding carboxylic acids is 2. The molecule has 2 aliphatic rings. The van der Waals surface area contributed by atoms with E-state index in [0.717, 1.165) is 44.7 Å². The van der Waals surface area contributed by atoms with Crippen molar-refractivity contribution in [3.63, 3.8) is 0 Å². The van der Waals surface area contributed by atoms with Crippen LogP contribution in [0.15, 0.2) is 138 Å². The highest BCUT2D eigenvalue weighted by Crippen LogP contribution is 2.57. The summed E-state index contributed by atoms with van der Waals surface area (Å²) in [6.45, 7) is 0.448. The maximum Gasteiger partial charge on any atom is 0.322 e. The first-order valence-corrected chi connectivity index (χ1v) is 23.8. The second-order valence-corrected chi connectivity index (χ2v) is 18.1. The van der Waals surface area contributed by atoms with E-state index >= 15 is 0 Å². The van der Waals surface area contributed by atoms with Gasteiger partial charge in [-0.25, -0.2) is 13.2 Å². The van der Waals surface area contributed by atoms with Gasteiger partial charge in [0.1, 0.15) is 18.2 Å². The lowest BCUT2D eigenvalue weighted by molar-refractivity contribution is -0.145.